The van der Waals surface area contributed by atoms with E-state index in [4.69, 9.17) is 14.2 Å². The van der Waals surface area contributed by atoms with Gasteiger partial charge in [0.2, 0.25) is 5.91 Å². The molecular weight excluding hydrogens is 432 g/mol. The average Bonchev–Trinajstić information content (AvgIpc) is 3.19. The van der Waals surface area contributed by atoms with Crippen molar-refractivity contribution in [3.63, 3.8) is 0 Å². The molecular formula is C27H28N2O5. The van der Waals surface area contributed by atoms with E-state index in [0.29, 0.717) is 35.9 Å². The molecule has 2 amide bonds. The predicted molar refractivity (Wildman–Crippen MR) is 129 cm³/mol. The smallest absolute Gasteiger partial charge is 0.255 e. The third kappa shape index (κ3) is 4.83. The van der Waals surface area contributed by atoms with Gasteiger partial charge in [0.05, 0.1) is 33.3 Å². The number of rotatable bonds is 9. The zero-order valence-electron chi connectivity index (χ0n) is 19.5. The molecule has 3 aromatic carbocycles. The maximum atomic E-state index is 13.3. The molecule has 0 radical (unpaired) electrons. The number of benzene rings is 3. The van der Waals surface area contributed by atoms with Crippen molar-refractivity contribution in [2.24, 2.45) is 0 Å². The fraction of sp³-hybridized carbons (Fsp3) is 0.259. The summed E-state index contributed by atoms with van der Waals surface area (Å²) in [7, 11) is 3.13. The summed E-state index contributed by atoms with van der Waals surface area (Å²) in [5.74, 6) is 1.57. The van der Waals surface area contributed by atoms with Gasteiger partial charge in [0.1, 0.15) is 5.75 Å². The summed E-state index contributed by atoms with van der Waals surface area (Å²) in [5.41, 5.74) is 3.07. The number of methoxy groups -OCH3 is 2. The lowest BCUT2D eigenvalue weighted by molar-refractivity contribution is -0.117. The van der Waals surface area contributed by atoms with Gasteiger partial charge < -0.3 is 24.4 Å². The molecule has 7 nitrogen and oxygen atoms in total. The third-order valence-electron chi connectivity index (χ3n) is 5.85. The van der Waals surface area contributed by atoms with Crippen LogP contribution in [0.15, 0.2) is 66.7 Å². The van der Waals surface area contributed by atoms with E-state index < -0.39 is 6.04 Å². The number of fused-ring (bicyclic) bond motifs is 1. The van der Waals surface area contributed by atoms with Crippen LogP contribution < -0.4 is 19.5 Å². The predicted octanol–water partition coefficient (Wildman–Crippen LogP) is 4.83. The lowest BCUT2D eigenvalue weighted by Crippen LogP contribution is -2.32. The number of carbonyl (C=O) groups excluding carboxylic acids is 2. The summed E-state index contributed by atoms with van der Waals surface area (Å²) >= 11 is 0. The highest BCUT2D eigenvalue weighted by molar-refractivity contribution is 5.99. The Labute approximate surface area is 199 Å². The standard InChI is InChI=1S/C27H28N2O5/c1-4-34-21-12-10-20(11-13-21)28-26(30)16-23(18-9-14-24(32-2)25(15-18)33-3)29-17-19-7-5-6-8-22(19)27(29)31/h5-15,23H,4,16-17H2,1-3H3,(H,28,30)/t23-/m0/s1. The minimum atomic E-state index is -0.484. The Balaban J connectivity index is 1.60. The van der Waals surface area contributed by atoms with Crippen LogP contribution in [0.1, 0.15) is 40.9 Å². The Morgan fingerprint density at radius 3 is 2.41 bits per heavy atom. The first-order chi connectivity index (χ1) is 16.5. The van der Waals surface area contributed by atoms with Gasteiger partial charge in [0, 0.05) is 17.8 Å². The van der Waals surface area contributed by atoms with Crippen molar-refractivity contribution < 1.29 is 23.8 Å². The molecule has 0 aromatic heterocycles. The van der Waals surface area contributed by atoms with Crippen molar-refractivity contribution in [1.82, 2.24) is 4.90 Å². The SMILES string of the molecule is CCOc1ccc(NC(=O)C[C@@H](c2ccc(OC)c(OC)c2)N2Cc3ccccc3C2=O)cc1. The highest BCUT2D eigenvalue weighted by Gasteiger charge is 2.34. The third-order valence-corrected chi connectivity index (χ3v) is 5.85. The van der Waals surface area contributed by atoms with E-state index in [0.717, 1.165) is 16.9 Å². The van der Waals surface area contributed by atoms with Gasteiger partial charge in [-0.25, -0.2) is 0 Å². The maximum absolute atomic E-state index is 13.3. The molecule has 1 aliphatic heterocycles. The van der Waals surface area contributed by atoms with Gasteiger partial charge in [-0.2, -0.15) is 0 Å². The van der Waals surface area contributed by atoms with Crippen LogP contribution in [0.25, 0.3) is 0 Å². The lowest BCUT2D eigenvalue weighted by atomic mass is 10.0. The summed E-state index contributed by atoms with van der Waals surface area (Å²) < 4.78 is 16.3. The van der Waals surface area contributed by atoms with Gasteiger partial charge >= 0.3 is 0 Å². The van der Waals surface area contributed by atoms with E-state index >= 15 is 0 Å². The zero-order chi connectivity index (χ0) is 24.1. The molecule has 176 valence electrons. The summed E-state index contributed by atoms with van der Waals surface area (Å²) in [4.78, 5) is 28.1. The van der Waals surface area contributed by atoms with Crippen molar-refractivity contribution in [2.75, 3.05) is 26.1 Å². The second-order valence-corrected chi connectivity index (χ2v) is 7.93. The maximum Gasteiger partial charge on any atom is 0.255 e. The van der Waals surface area contributed by atoms with Gasteiger partial charge in [-0.1, -0.05) is 24.3 Å². The number of anilines is 1. The first-order valence-corrected chi connectivity index (χ1v) is 11.2. The molecule has 0 saturated heterocycles. The van der Waals surface area contributed by atoms with Crippen molar-refractivity contribution in [3.8, 4) is 17.2 Å². The van der Waals surface area contributed by atoms with Crippen LogP contribution in [-0.4, -0.2) is 37.5 Å². The van der Waals surface area contributed by atoms with Crippen LogP contribution in [0.4, 0.5) is 5.69 Å². The summed E-state index contributed by atoms with van der Waals surface area (Å²) in [6.07, 6.45) is 0.0857. The van der Waals surface area contributed by atoms with Gasteiger partial charge in [0.15, 0.2) is 11.5 Å². The number of carbonyl (C=O) groups is 2. The Morgan fingerprint density at radius 2 is 1.74 bits per heavy atom. The van der Waals surface area contributed by atoms with E-state index in [1.807, 2.05) is 55.5 Å². The highest BCUT2D eigenvalue weighted by Crippen LogP contribution is 2.37. The number of nitrogens with one attached hydrogen (secondary N) is 1. The van der Waals surface area contributed by atoms with Crippen molar-refractivity contribution in [1.29, 1.82) is 0 Å². The molecule has 0 aliphatic carbocycles. The van der Waals surface area contributed by atoms with Crippen LogP contribution >= 0.6 is 0 Å². The number of nitrogens with zero attached hydrogens (tertiary/aromatic N) is 1. The molecule has 0 saturated carbocycles. The minimum absolute atomic E-state index is 0.0857. The average molecular weight is 461 g/mol. The van der Waals surface area contributed by atoms with Gasteiger partial charge in [0.25, 0.3) is 5.91 Å². The first kappa shape index (κ1) is 23.2. The van der Waals surface area contributed by atoms with Crippen molar-refractivity contribution in [2.45, 2.75) is 25.9 Å². The second kappa shape index (κ2) is 10.3. The first-order valence-electron chi connectivity index (χ1n) is 11.2. The molecule has 3 aromatic rings. The quantitative estimate of drug-likeness (QED) is 0.495. The van der Waals surface area contributed by atoms with Crippen LogP contribution in [0, 0.1) is 0 Å². The Morgan fingerprint density at radius 1 is 1.00 bits per heavy atom. The monoisotopic (exact) mass is 460 g/mol. The highest BCUT2D eigenvalue weighted by atomic mass is 16.5. The van der Waals surface area contributed by atoms with E-state index in [2.05, 4.69) is 5.32 Å². The normalized spacial score (nSPS) is 13.3. The number of amides is 2. The number of hydrogen-bond acceptors (Lipinski definition) is 5. The van der Waals surface area contributed by atoms with Crippen molar-refractivity contribution >= 4 is 17.5 Å². The molecule has 34 heavy (non-hydrogen) atoms. The largest absolute Gasteiger partial charge is 0.494 e. The van der Waals surface area contributed by atoms with Crippen LogP contribution in [-0.2, 0) is 11.3 Å². The summed E-state index contributed by atoms with van der Waals surface area (Å²) in [5, 5.41) is 2.93. The molecule has 0 bridgehead atoms. The Kier molecular flexibility index (Phi) is 7.01. The fourth-order valence-corrected chi connectivity index (χ4v) is 4.19. The van der Waals surface area contributed by atoms with E-state index in [9.17, 15) is 9.59 Å². The van der Waals surface area contributed by atoms with Crippen LogP contribution in [0.2, 0.25) is 0 Å². The van der Waals surface area contributed by atoms with Crippen LogP contribution in [0.3, 0.4) is 0 Å². The summed E-state index contributed by atoms with van der Waals surface area (Å²) in [6, 6.07) is 19.7. The van der Waals surface area contributed by atoms with Gasteiger partial charge in [-0.05, 0) is 60.5 Å². The minimum Gasteiger partial charge on any atom is -0.494 e. The second-order valence-electron chi connectivity index (χ2n) is 7.93. The number of ether oxygens (including phenoxy) is 3. The Hall–Kier alpha value is -4.00. The molecule has 0 unspecified atom stereocenters. The fourth-order valence-electron chi connectivity index (χ4n) is 4.19. The molecule has 1 aliphatic rings. The lowest BCUT2D eigenvalue weighted by Gasteiger charge is -2.28. The van der Waals surface area contributed by atoms with Gasteiger partial charge in [-0.15, -0.1) is 0 Å². The van der Waals surface area contributed by atoms with Crippen molar-refractivity contribution in [3.05, 3.63) is 83.4 Å². The Bertz CT molecular complexity index is 1180. The van der Waals surface area contributed by atoms with E-state index in [1.54, 1.807) is 37.3 Å². The van der Waals surface area contributed by atoms with E-state index in [-0.39, 0.29) is 18.2 Å². The van der Waals surface area contributed by atoms with E-state index in [1.165, 1.54) is 0 Å². The molecule has 0 fully saturated rings. The topological polar surface area (TPSA) is 77.1 Å². The number of hydrogen-bond donors (Lipinski definition) is 1. The molecule has 1 atom stereocenters. The van der Waals surface area contributed by atoms with Crippen LogP contribution in [0.5, 0.6) is 17.2 Å². The molecule has 0 spiro atoms. The summed E-state index contributed by atoms with van der Waals surface area (Å²) in [6.45, 7) is 2.93. The molecule has 7 heteroatoms. The molecule has 1 heterocycles. The molecule has 1 N–H and O–H groups in total. The van der Waals surface area contributed by atoms with Gasteiger partial charge in [-0.3, -0.25) is 9.59 Å². The zero-order valence-corrected chi connectivity index (χ0v) is 19.5. The molecule has 4 rings (SSSR count).